The highest BCUT2D eigenvalue weighted by Crippen LogP contribution is 2.21. The summed E-state index contributed by atoms with van der Waals surface area (Å²) in [5.74, 6) is -0.277. The van der Waals surface area contributed by atoms with Crippen LogP contribution in [0.2, 0.25) is 0 Å². The fourth-order valence-electron chi connectivity index (χ4n) is 3.06. The Morgan fingerprint density at radius 1 is 0.867 bits per heavy atom. The minimum absolute atomic E-state index is 0.175. The molecule has 0 fully saturated rings. The predicted molar refractivity (Wildman–Crippen MR) is 110 cm³/mol. The molecule has 0 radical (unpaired) electrons. The van der Waals surface area contributed by atoms with Crippen LogP contribution in [0, 0.1) is 6.92 Å². The van der Waals surface area contributed by atoms with E-state index in [0.29, 0.717) is 11.4 Å². The normalized spacial score (nSPS) is 10.6. The van der Waals surface area contributed by atoms with E-state index in [9.17, 15) is 9.59 Å². The molecule has 0 saturated carbocycles. The van der Waals surface area contributed by atoms with Gasteiger partial charge in [0, 0.05) is 16.7 Å². The van der Waals surface area contributed by atoms with Crippen LogP contribution in [-0.2, 0) is 11.3 Å². The van der Waals surface area contributed by atoms with Gasteiger partial charge in [0.2, 0.25) is 5.82 Å². The molecular weight excluding hydrogens is 380 g/mol. The minimum atomic E-state index is -0.634. The molecule has 4 rings (SSSR count). The van der Waals surface area contributed by atoms with Crippen LogP contribution in [0.4, 0.5) is 0 Å². The van der Waals surface area contributed by atoms with Crippen molar-refractivity contribution in [1.29, 1.82) is 0 Å². The highest BCUT2D eigenvalue weighted by Gasteiger charge is 2.20. The second kappa shape index (κ2) is 8.53. The molecule has 0 aliphatic rings. The van der Waals surface area contributed by atoms with Crippen molar-refractivity contribution < 1.29 is 18.8 Å². The Balaban J connectivity index is 1.49. The zero-order valence-electron chi connectivity index (χ0n) is 16.2. The molecular formula is C24H18N2O4. The molecule has 1 heterocycles. The van der Waals surface area contributed by atoms with Crippen molar-refractivity contribution in [3.8, 4) is 11.4 Å². The van der Waals surface area contributed by atoms with E-state index in [4.69, 9.17) is 9.26 Å². The molecule has 0 saturated heterocycles. The Morgan fingerprint density at radius 3 is 2.30 bits per heavy atom. The average Bonchev–Trinajstić information content (AvgIpc) is 3.26. The fraction of sp³-hybridized carbons (Fsp3) is 0.0833. The Bertz CT molecular complexity index is 1200. The Labute approximate surface area is 173 Å². The number of ether oxygens (including phenoxy) is 1. The summed E-state index contributed by atoms with van der Waals surface area (Å²) in [6.45, 7) is 1.76. The molecule has 0 spiro atoms. The summed E-state index contributed by atoms with van der Waals surface area (Å²) < 4.78 is 10.5. The van der Waals surface area contributed by atoms with E-state index in [2.05, 4.69) is 10.1 Å². The van der Waals surface area contributed by atoms with Crippen molar-refractivity contribution in [1.82, 2.24) is 10.1 Å². The molecule has 0 aliphatic carbocycles. The van der Waals surface area contributed by atoms with Crippen LogP contribution in [0.5, 0.6) is 0 Å². The lowest BCUT2D eigenvalue weighted by Gasteiger charge is -2.08. The molecule has 0 aliphatic heterocycles. The third kappa shape index (κ3) is 4.03. The van der Waals surface area contributed by atoms with Crippen LogP contribution in [0.15, 0.2) is 83.4 Å². The van der Waals surface area contributed by atoms with E-state index >= 15 is 0 Å². The summed E-state index contributed by atoms with van der Waals surface area (Å²) in [5.41, 5.74) is 2.81. The topological polar surface area (TPSA) is 82.3 Å². The fourth-order valence-corrected chi connectivity index (χ4v) is 3.06. The zero-order valence-corrected chi connectivity index (χ0v) is 16.2. The first-order chi connectivity index (χ1) is 14.6. The van der Waals surface area contributed by atoms with Crippen LogP contribution in [0.3, 0.4) is 0 Å². The van der Waals surface area contributed by atoms with Gasteiger partial charge in [0.25, 0.3) is 5.89 Å². The van der Waals surface area contributed by atoms with E-state index in [1.54, 1.807) is 48.5 Å². The van der Waals surface area contributed by atoms with Gasteiger partial charge in [0.1, 0.15) is 0 Å². The lowest BCUT2D eigenvalue weighted by molar-refractivity contribution is 0.0427. The van der Waals surface area contributed by atoms with Gasteiger partial charge in [-0.3, -0.25) is 4.79 Å². The summed E-state index contributed by atoms with van der Waals surface area (Å²) in [6.07, 6.45) is 0. The van der Waals surface area contributed by atoms with Gasteiger partial charge in [-0.2, -0.15) is 4.98 Å². The van der Waals surface area contributed by atoms with E-state index in [-0.39, 0.29) is 29.4 Å². The van der Waals surface area contributed by atoms with Crippen molar-refractivity contribution >= 4 is 11.8 Å². The molecule has 30 heavy (non-hydrogen) atoms. The second-order valence-electron chi connectivity index (χ2n) is 6.64. The van der Waals surface area contributed by atoms with Crippen molar-refractivity contribution in [2.24, 2.45) is 0 Å². The van der Waals surface area contributed by atoms with Crippen LogP contribution in [-0.4, -0.2) is 21.9 Å². The van der Waals surface area contributed by atoms with Gasteiger partial charge in [-0.25, -0.2) is 4.79 Å². The first kappa shape index (κ1) is 19.3. The van der Waals surface area contributed by atoms with Crippen LogP contribution in [0.1, 0.15) is 37.7 Å². The summed E-state index contributed by atoms with van der Waals surface area (Å²) in [7, 11) is 0. The molecule has 6 heteroatoms. The zero-order chi connectivity index (χ0) is 20.9. The lowest BCUT2D eigenvalue weighted by Crippen LogP contribution is -2.12. The Kier molecular flexibility index (Phi) is 5.48. The van der Waals surface area contributed by atoms with E-state index in [1.165, 1.54) is 0 Å². The minimum Gasteiger partial charge on any atom is -0.452 e. The standard InChI is InChI=1S/C24H18N2O4/c1-16-9-5-6-12-18(16)23-25-21(30-26-23)15-29-24(28)20-14-8-7-13-19(20)22(27)17-10-3-2-4-11-17/h2-14H,15H2,1H3. The van der Waals surface area contributed by atoms with Gasteiger partial charge in [-0.1, -0.05) is 78.0 Å². The number of rotatable bonds is 6. The summed E-state index contributed by atoms with van der Waals surface area (Å²) in [4.78, 5) is 29.7. The molecule has 3 aromatic carbocycles. The molecule has 0 unspecified atom stereocenters. The Morgan fingerprint density at radius 2 is 1.53 bits per heavy atom. The van der Waals surface area contributed by atoms with Crippen molar-refractivity contribution in [3.63, 3.8) is 0 Å². The van der Waals surface area contributed by atoms with Crippen LogP contribution >= 0.6 is 0 Å². The van der Waals surface area contributed by atoms with Crippen molar-refractivity contribution in [3.05, 3.63) is 107 Å². The highest BCUT2D eigenvalue weighted by atomic mass is 16.6. The number of aromatic nitrogens is 2. The quantitative estimate of drug-likeness (QED) is 0.348. The van der Waals surface area contributed by atoms with E-state index in [1.807, 2.05) is 37.3 Å². The second-order valence-corrected chi connectivity index (χ2v) is 6.64. The first-order valence-electron chi connectivity index (χ1n) is 9.38. The maximum Gasteiger partial charge on any atom is 0.339 e. The Hall–Kier alpha value is -4.06. The van der Waals surface area contributed by atoms with Crippen LogP contribution < -0.4 is 0 Å². The number of benzene rings is 3. The number of esters is 1. The number of carbonyl (C=O) groups excluding carboxylic acids is 2. The number of hydrogen-bond acceptors (Lipinski definition) is 6. The molecule has 0 bridgehead atoms. The van der Waals surface area contributed by atoms with Crippen molar-refractivity contribution in [2.45, 2.75) is 13.5 Å². The van der Waals surface area contributed by atoms with Gasteiger partial charge in [0.05, 0.1) is 5.56 Å². The number of nitrogens with zero attached hydrogens (tertiary/aromatic N) is 2. The molecule has 4 aromatic rings. The summed E-state index contributed by atoms with van der Waals surface area (Å²) >= 11 is 0. The number of carbonyl (C=O) groups is 2. The lowest BCUT2D eigenvalue weighted by atomic mass is 9.98. The largest absolute Gasteiger partial charge is 0.452 e. The third-order valence-electron chi connectivity index (χ3n) is 4.61. The monoisotopic (exact) mass is 398 g/mol. The highest BCUT2D eigenvalue weighted by molar-refractivity contribution is 6.14. The molecule has 148 valence electrons. The first-order valence-corrected chi connectivity index (χ1v) is 9.38. The van der Waals surface area contributed by atoms with Crippen LogP contribution in [0.25, 0.3) is 11.4 Å². The van der Waals surface area contributed by atoms with Gasteiger partial charge >= 0.3 is 5.97 Å². The van der Waals surface area contributed by atoms with E-state index in [0.717, 1.165) is 11.1 Å². The summed E-state index contributed by atoms with van der Waals surface area (Å²) in [6, 6.07) is 23.0. The number of hydrogen-bond donors (Lipinski definition) is 0. The summed E-state index contributed by atoms with van der Waals surface area (Å²) in [5, 5.41) is 3.95. The third-order valence-corrected chi connectivity index (χ3v) is 4.61. The molecule has 0 amide bonds. The maximum absolute atomic E-state index is 12.8. The molecule has 6 nitrogen and oxygen atoms in total. The van der Waals surface area contributed by atoms with E-state index < -0.39 is 5.97 Å². The van der Waals surface area contributed by atoms with Gasteiger partial charge < -0.3 is 9.26 Å². The molecule has 0 N–H and O–H groups in total. The number of aryl methyl sites for hydroxylation is 1. The van der Waals surface area contributed by atoms with Crippen molar-refractivity contribution in [2.75, 3.05) is 0 Å². The predicted octanol–water partition coefficient (Wildman–Crippen LogP) is 4.63. The molecule has 1 aromatic heterocycles. The number of ketones is 1. The maximum atomic E-state index is 12.8. The smallest absolute Gasteiger partial charge is 0.339 e. The van der Waals surface area contributed by atoms with Gasteiger partial charge in [0.15, 0.2) is 12.4 Å². The molecule has 0 atom stereocenters. The van der Waals surface area contributed by atoms with Gasteiger partial charge in [-0.15, -0.1) is 0 Å². The SMILES string of the molecule is Cc1ccccc1-c1noc(COC(=O)c2ccccc2C(=O)c2ccccc2)n1. The average molecular weight is 398 g/mol. The van der Waals surface area contributed by atoms with Gasteiger partial charge in [-0.05, 0) is 18.6 Å².